The summed E-state index contributed by atoms with van der Waals surface area (Å²) in [6, 6.07) is 7.31. The minimum atomic E-state index is -3.54. The molecule has 5 nitrogen and oxygen atoms in total. The van der Waals surface area contributed by atoms with Crippen molar-refractivity contribution in [1.82, 2.24) is 0 Å². The SMILES string of the molecule is N#CC1=C(N)OC2=C([C@H]1c1ccc(F)cc1)S(=O)(=O)CCC2. The number of benzene rings is 1. The molecule has 0 saturated heterocycles. The molecule has 2 aliphatic heterocycles. The van der Waals surface area contributed by atoms with Crippen molar-refractivity contribution in [3.8, 4) is 6.07 Å². The third-order valence-electron chi connectivity index (χ3n) is 3.80. The van der Waals surface area contributed by atoms with Gasteiger partial charge < -0.3 is 10.5 Å². The van der Waals surface area contributed by atoms with Crippen LogP contribution >= 0.6 is 0 Å². The van der Waals surface area contributed by atoms with Gasteiger partial charge in [-0.3, -0.25) is 0 Å². The Morgan fingerprint density at radius 1 is 1.32 bits per heavy atom. The normalized spacial score (nSPS) is 23.5. The van der Waals surface area contributed by atoms with Gasteiger partial charge in [0, 0.05) is 6.42 Å². The molecule has 0 bridgehead atoms. The molecule has 2 N–H and O–H groups in total. The number of nitrogens with two attached hydrogens (primary N) is 1. The van der Waals surface area contributed by atoms with E-state index in [1.807, 2.05) is 6.07 Å². The van der Waals surface area contributed by atoms with Crippen molar-refractivity contribution in [3.63, 3.8) is 0 Å². The van der Waals surface area contributed by atoms with Crippen LogP contribution in [0.25, 0.3) is 0 Å². The molecular formula is C15H13FN2O3S. The van der Waals surface area contributed by atoms with Gasteiger partial charge in [0.15, 0.2) is 9.84 Å². The van der Waals surface area contributed by atoms with Gasteiger partial charge in [-0.25, -0.2) is 12.8 Å². The van der Waals surface area contributed by atoms with Crippen molar-refractivity contribution in [1.29, 1.82) is 5.26 Å². The van der Waals surface area contributed by atoms with Gasteiger partial charge in [-0.2, -0.15) is 5.26 Å². The quantitative estimate of drug-likeness (QED) is 0.855. The molecule has 0 fully saturated rings. The van der Waals surface area contributed by atoms with Crippen molar-refractivity contribution in [2.75, 3.05) is 5.75 Å². The Morgan fingerprint density at radius 3 is 2.64 bits per heavy atom. The number of hydrogen-bond acceptors (Lipinski definition) is 5. The maximum absolute atomic E-state index is 13.1. The van der Waals surface area contributed by atoms with Gasteiger partial charge in [-0.05, 0) is 24.1 Å². The van der Waals surface area contributed by atoms with E-state index in [9.17, 15) is 18.1 Å². The molecule has 0 spiro atoms. The summed E-state index contributed by atoms with van der Waals surface area (Å²) in [7, 11) is -3.54. The Morgan fingerprint density at radius 2 is 2.00 bits per heavy atom. The van der Waals surface area contributed by atoms with Crippen LogP contribution in [-0.2, 0) is 14.6 Å². The van der Waals surface area contributed by atoms with Crippen LogP contribution in [0.15, 0.2) is 46.4 Å². The first kappa shape index (κ1) is 14.6. The zero-order valence-electron chi connectivity index (χ0n) is 11.5. The van der Waals surface area contributed by atoms with E-state index in [-0.39, 0.29) is 27.9 Å². The molecule has 0 aliphatic carbocycles. The fourth-order valence-electron chi connectivity index (χ4n) is 2.83. The topological polar surface area (TPSA) is 93.2 Å². The average molecular weight is 320 g/mol. The molecule has 22 heavy (non-hydrogen) atoms. The number of allylic oxidation sites excluding steroid dienone is 3. The van der Waals surface area contributed by atoms with E-state index in [1.54, 1.807) is 0 Å². The highest BCUT2D eigenvalue weighted by Gasteiger charge is 2.41. The van der Waals surface area contributed by atoms with Crippen LogP contribution in [0.1, 0.15) is 24.3 Å². The highest BCUT2D eigenvalue weighted by atomic mass is 32.2. The Hall–Kier alpha value is -2.33. The highest BCUT2D eigenvalue weighted by molar-refractivity contribution is 7.95. The highest BCUT2D eigenvalue weighted by Crippen LogP contribution is 2.45. The zero-order valence-corrected chi connectivity index (χ0v) is 12.4. The Balaban J connectivity index is 2.24. The Labute approximate surface area is 127 Å². The Bertz CT molecular complexity index is 833. The summed E-state index contributed by atoms with van der Waals surface area (Å²) in [6.07, 6.45) is 0.901. The molecule has 7 heteroatoms. The minimum Gasteiger partial charge on any atom is -0.444 e. The van der Waals surface area contributed by atoms with E-state index in [0.29, 0.717) is 18.4 Å². The largest absolute Gasteiger partial charge is 0.444 e. The summed E-state index contributed by atoms with van der Waals surface area (Å²) in [6.45, 7) is 0. The molecule has 2 aliphatic rings. The second-order valence-corrected chi connectivity index (χ2v) is 7.26. The van der Waals surface area contributed by atoms with Crippen LogP contribution in [0.4, 0.5) is 4.39 Å². The molecule has 0 unspecified atom stereocenters. The molecule has 0 saturated carbocycles. The van der Waals surface area contributed by atoms with Gasteiger partial charge in [0.05, 0.1) is 16.6 Å². The first-order valence-electron chi connectivity index (χ1n) is 6.73. The first-order valence-corrected chi connectivity index (χ1v) is 8.38. The lowest BCUT2D eigenvalue weighted by Gasteiger charge is -2.31. The van der Waals surface area contributed by atoms with Gasteiger partial charge in [0.2, 0.25) is 5.88 Å². The van der Waals surface area contributed by atoms with Crippen LogP contribution in [0.3, 0.4) is 0 Å². The number of hydrogen-bond donors (Lipinski definition) is 1. The molecule has 3 rings (SSSR count). The fraction of sp³-hybridized carbons (Fsp3) is 0.267. The average Bonchev–Trinajstić information content (AvgIpc) is 2.46. The third-order valence-corrected chi connectivity index (χ3v) is 5.76. The number of ether oxygens (including phenoxy) is 1. The molecule has 1 aromatic carbocycles. The van der Waals surface area contributed by atoms with Gasteiger partial charge in [0.1, 0.15) is 23.2 Å². The van der Waals surface area contributed by atoms with Crippen molar-refractivity contribution in [2.24, 2.45) is 5.73 Å². The standard InChI is InChI=1S/C15H13FN2O3S/c16-10-5-3-9(4-6-10)13-11(8-17)15(18)21-12-2-1-7-22(19,20)14(12)13/h3-6,13H,1-2,7,18H2/t13-/m0/s1. The van der Waals surface area contributed by atoms with Crippen molar-refractivity contribution in [2.45, 2.75) is 18.8 Å². The number of nitriles is 1. The number of sulfone groups is 1. The second kappa shape index (κ2) is 5.14. The van der Waals surface area contributed by atoms with E-state index in [2.05, 4.69) is 0 Å². The van der Waals surface area contributed by atoms with Crippen LogP contribution in [0.2, 0.25) is 0 Å². The smallest absolute Gasteiger partial charge is 0.205 e. The monoisotopic (exact) mass is 320 g/mol. The Kier molecular flexibility index (Phi) is 3.41. The molecular weight excluding hydrogens is 307 g/mol. The summed E-state index contributed by atoms with van der Waals surface area (Å²) >= 11 is 0. The van der Waals surface area contributed by atoms with Crippen LogP contribution < -0.4 is 5.73 Å². The van der Waals surface area contributed by atoms with Gasteiger partial charge in [0.25, 0.3) is 0 Å². The maximum Gasteiger partial charge on any atom is 0.205 e. The van der Waals surface area contributed by atoms with E-state index in [4.69, 9.17) is 10.5 Å². The fourth-order valence-corrected chi connectivity index (χ4v) is 4.67. The second-order valence-electron chi connectivity index (χ2n) is 5.19. The molecule has 1 aromatic rings. The summed E-state index contributed by atoms with van der Waals surface area (Å²) in [4.78, 5) is 0.0797. The molecule has 1 atom stereocenters. The molecule has 2 heterocycles. The lowest BCUT2D eigenvalue weighted by atomic mass is 9.89. The molecule has 0 amide bonds. The number of rotatable bonds is 1. The first-order chi connectivity index (χ1) is 10.4. The zero-order chi connectivity index (χ0) is 15.9. The van der Waals surface area contributed by atoms with Crippen molar-refractivity contribution >= 4 is 9.84 Å². The maximum atomic E-state index is 13.1. The van der Waals surface area contributed by atoms with Crippen LogP contribution in [0.5, 0.6) is 0 Å². The van der Waals surface area contributed by atoms with E-state index >= 15 is 0 Å². The van der Waals surface area contributed by atoms with Crippen LogP contribution in [-0.4, -0.2) is 14.2 Å². The van der Waals surface area contributed by atoms with Gasteiger partial charge in [-0.1, -0.05) is 12.1 Å². The lowest BCUT2D eigenvalue weighted by molar-refractivity contribution is 0.265. The van der Waals surface area contributed by atoms with Crippen molar-refractivity contribution < 1.29 is 17.5 Å². The predicted molar refractivity (Wildman–Crippen MR) is 77.1 cm³/mol. The third kappa shape index (κ3) is 2.25. The van der Waals surface area contributed by atoms with E-state index in [1.165, 1.54) is 24.3 Å². The summed E-state index contributed by atoms with van der Waals surface area (Å²) in [5.74, 6) is -1.07. The van der Waals surface area contributed by atoms with E-state index < -0.39 is 21.6 Å². The predicted octanol–water partition coefficient (Wildman–Crippen LogP) is 2.05. The number of nitrogens with zero attached hydrogens (tertiary/aromatic N) is 1. The molecule has 0 aromatic heterocycles. The van der Waals surface area contributed by atoms with Gasteiger partial charge >= 0.3 is 0 Å². The molecule has 114 valence electrons. The summed E-state index contributed by atoms with van der Waals surface area (Å²) in [5, 5.41) is 9.35. The number of halogens is 1. The van der Waals surface area contributed by atoms with Gasteiger partial charge in [-0.15, -0.1) is 0 Å². The van der Waals surface area contributed by atoms with Crippen molar-refractivity contribution in [3.05, 3.63) is 57.8 Å². The van der Waals surface area contributed by atoms with Crippen LogP contribution in [0, 0.1) is 17.1 Å². The molecule has 0 radical (unpaired) electrons. The minimum absolute atomic E-state index is 0.00546. The summed E-state index contributed by atoms with van der Waals surface area (Å²) in [5.41, 5.74) is 6.31. The summed E-state index contributed by atoms with van der Waals surface area (Å²) < 4.78 is 43.4. The van der Waals surface area contributed by atoms with E-state index in [0.717, 1.165) is 0 Å². The lowest BCUT2D eigenvalue weighted by Crippen LogP contribution is -2.29.